The second-order valence-electron chi connectivity index (χ2n) is 6.65. The average Bonchev–Trinajstić information content (AvgIpc) is 2.44. The summed E-state index contributed by atoms with van der Waals surface area (Å²) in [4.78, 5) is 12.0. The standard InChI is InChI=1S/C19H38O2/c1-5-8-10-11-12-13-14-15-18(20)21-19(4,16-7-3)17-9-6-2/h5-17H2,1-4H3. The van der Waals surface area contributed by atoms with E-state index in [0.29, 0.717) is 6.42 Å². The molecule has 0 aromatic heterocycles. The molecule has 0 fully saturated rings. The molecule has 21 heavy (non-hydrogen) atoms. The molecule has 0 spiro atoms. The van der Waals surface area contributed by atoms with E-state index in [9.17, 15) is 4.79 Å². The second-order valence-corrected chi connectivity index (χ2v) is 6.65. The topological polar surface area (TPSA) is 26.3 Å². The predicted molar refractivity (Wildman–Crippen MR) is 91.5 cm³/mol. The molecule has 0 aromatic rings. The van der Waals surface area contributed by atoms with E-state index < -0.39 is 0 Å². The highest BCUT2D eigenvalue weighted by molar-refractivity contribution is 5.69. The van der Waals surface area contributed by atoms with Crippen LogP contribution < -0.4 is 0 Å². The van der Waals surface area contributed by atoms with Crippen LogP contribution in [0.25, 0.3) is 0 Å². The average molecular weight is 299 g/mol. The summed E-state index contributed by atoms with van der Waals surface area (Å²) in [5.74, 6) is 0.00983. The maximum absolute atomic E-state index is 12.0. The maximum atomic E-state index is 12.0. The Morgan fingerprint density at radius 2 is 1.33 bits per heavy atom. The van der Waals surface area contributed by atoms with Gasteiger partial charge in [0, 0.05) is 6.42 Å². The van der Waals surface area contributed by atoms with Crippen LogP contribution in [0.5, 0.6) is 0 Å². The van der Waals surface area contributed by atoms with Gasteiger partial charge in [-0.05, 0) is 32.6 Å². The number of carbonyl (C=O) groups is 1. The van der Waals surface area contributed by atoms with Crippen molar-refractivity contribution in [2.75, 3.05) is 0 Å². The van der Waals surface area contributed by atoms with E-state index in [2.05, 4.69) is 27.7 Å². The highest BCUT2D eigenvalue weighted by atomic mass is 16.6. The van der Waals surface area contributed by atoms with Crippen LogP contribution in [0.2, 0.25) is 0 Å². The van der Waals surface area contributed by atoms with Crippen LogP contribution in [0.4, 0.5) is 0 Å². The summed E-state index contributed by atoms with van der Waals surface area (Å²) in [6.45, 7) is 8.69. The van der Waals surface area contributed by atoms with Gasteiger partial charge in [-0.2, -0.15) is 0 Å². The first-order chi connectivity index (χ1) is 10.1. The lowest BCUT2D eigenvalue weighted by Crippen LogP contribution is -2.31. The van der Waals surface area contributed by atoms with Crippen molar-refractivity contribution in [2.24, 2.45) is 0 Å². The summed E-state index contributed by atoms with van der Waals surface area (Å²) >= 11 is 0. The fourth-order valence-electron chi connectivity index (χ4n) is 2.86. The van der Waals surface area contributed by atoms with Gasteiger partial charge in [0.2, 0.25) is 0 Å². The molecule has 0 bridgehead atoms. The molecule has 0 amide bonds. The molecule has 1 atom stereocenters. The molecule has 0 saturated heterocycles. The quantitative estimate of drug-likeness (QED) is 0.273. The molecular formula is C19H38O2. The summed E-state index contributed by atoms with van der Waals surface area (Å²) < 4.78 is 5.79. The maximum Gasteiger partial charge on any atom is 0.306 e. The molecule has 0 aliphatic rings. The van der Waals surface area contributed by atoms with E-state index in [1.54, 1.807) is 0 Å². The number of hydrogen-bond acceptors (Lipinski definition) is 2. The van der Waals surface area contributed by atoms with Gasteiger partial charge >= 0.3 is 5.97 Å². The van der Waals surface area contributed by atoms with Gasteiger partial charge in [0.1, 0.15) is 5.60 Å². The molecule has 0 aliphatic heterocycles. The van der Waals surface area contributed by atoms with E-state index in [1.807, 2.05) is 0 Å². The normalized spacial score (nSPS) is 13.9. The van der Waals surface area contributed by atoms with Gasteiger partial charge in [-0.25, -0.2) is 0 Å². The number of carbonyl (C=O) groups excluding carboxylic acids is 1. The minimum Gasteiger partial charge on any atom is -0.459 e. The van der Waals surface area contributed by atoms with Crippen molar-refractivity contribution in [3.05, 3.63) is 0 Å². The highest BCUT2D eigenvalue weighted by Gasteiger charge is 2.26. The molecule has 0 N–H and O–H groups in total. The van der Waals surface area contributed by atoms with Gasteiger partial charge in [0.15, 0.2) is 0 Å². The first kappa shape index (κ1) is 20.5. The van der Waals surface area contributed by atoms with Crippen molar-refractivity contribution in [3.63, 3.8) is 0 Å². The van der Waals surface area contributed by atoms with Crippen LogP contribution in [0.15, 0.2) is 0 Å². The van der Waals surface area contributed by atoms with Crippen molar-refractivity contribution < 1.29 is 9.53 Å². The Morgan fingerprint density at radius 3 is 1.90 bits per heavy atom. The second kappa shape index (κ2) is 13.2. The number of ether oxygens (including phenoxy) is 1. The summed E-state index contributed by atoms with van der Waals surface area (Å²) in [6.07, 6.45) is 14.7. The number of unbranched alkanes of at least 4 members (excludes halogenated alkanes) is 7. The van der Waals surface area contributed by atoms with E-state index in [1.165, 1.54) is 32.1 Å². The predicted octanol–water partition coefficient (Wildman–Crippen LogP) is 6.42. The molecular weight excluding hydrogens is 260 g/mol. The molecule has 0 rings (SSSR count). The molecule has 0 aliphatic carbocycles. The highest BCUT2D eigenvalue weighted by Crippen LogP contribution is 2.25. The van der Waals surface area contributed by atoms with Crippen molar-refractivity contribution in [2.45, 2.75) is 117 Å². The van der Waals surface area contributed by atoms with Crippen molar-refractivity contribution >= 4 is 5.97 Å². The molecule has 0 aromatic carbocycles. The van der Waals surface area contributed by atoms with Gasteiger partial charge in [-0.3, -0.25) is 4.79 Å². The van der Waals surface area contributed by atoms with Crippen LogP contribution in [0.1, 0.15) is 111 Å². The fourth-order valence-corrected chi connectivity index (χ4v) is 2.86. The van der Waals surface area contributed by atoms with Crippen LogP contribution in [-0.2, 0) is 9.53 Å². The van der Waals surface area contributed by atoms with Crippen LogP contribution in [-0.4, -0.2) is 11.6 Å². The lowest BCUT2D eigenvalue weighted by molar-refractivity contribution is -0.159. The lowest BCUT2D eigenvalue weighted by atomic mass is 9.93. The van der Waals surface area contributed by atoms with Crippen LogP contribution in [0, 0.1) is 0 Å². The van der Waals surface area contributed by atoms with E-state index in [4.69, 9.17) is 4.74 Å². The van der Waals surface area contributed by atoms with Gasteiger partial charge in [-0.15, -0.1) is 0 Å². The molecule has 0 heterocycles. The van der Waals surface area contributed by atoms with Gasteiger partial charge in [0.25, 0.3) is 0 Å². The Balaban J connectivity index is 3.82. The third-order valence-electron chi connectivity index (χ3n) is 4.18. The minimum atomic E-state index is -0.233. The van der Waals surface area contributed by atoms with Crippen LogP contribution >= 0.6 is 0 Å². The molecule has 2 nitrogen and oxygen atoms in total. The van der Waals surface area contributed by atoms with Crippen LogP contribution in [0.3, 0.4) is 0 Å². The Kier molecular flexibility index (Phi) is 12.8. The Bertz CT molecular complexity index is 250. The van der Waals surface area contributed by atoms with Gasteiger partial charge < -0.3 is 4.74 Å². The summed E-state index contributed by atoms with van der Waals surface area (Å²) in [6, 6.07) is 0. The van der Waals surface area contributed by atoms with E-state index >= 15 is 0 Å². The molecule has 2 heteroatoms. The monoisotopic (exact) mass is 298 g/mol. The largest absolute Gasteiger partial charge is 0.459 e. The van der Waals surface area contributed by atoms with Gasteiger partial charge in [0.05, 0.1) is 0 Å². The van der Waals surface area contributed by atoms with E-state index in [0.717, 1.165) is 44.9 Å². The SMILES string of the molecule is CCCCCCCCCC(=O)OC(C)(CCC)CCCC. The first-order valence-electron chi connectivity index (χ1n) is 9.29. The summed E-state index contributed by atoms with van der Waals surface area (Å²) in [7, 11) is 0. The number of rotatable bonds is 14. The van der Waals surface area contributed by atoms with Crippen molar-refractivity contribution in [1.29, 1.82) is 0 Å². The Morgan fingerprint density at radius 1 is 0.762 bits per heavy atom. The minimum absolute atomic E-state index is 0.00983. The molecule has 1 unspecified atom stereocenters. The zero-order chi connectivity index (χ0) is 16.0. The third-order valence-corrected chi connectivity index (χ3v) is 4.18. The fraction of sp³-hybridized carbons (Fsp3) is 0.947. The zero-order valence-corrected chi connectivity index (χ0v) is 15.0. The van der Waals surface area contributed by atoms with Crippen molar-refractivity contribution in [1.82, 2.24) is 0 Å². The first-order valence-corrected chi connectivity index (χ1v) is 9.29. The molecule has 126 valence electrons. The smallest absolute Gasteiger partial charge is 0.306 e. The number of esters is 1. The zero-order valence-electron chi connectivity index (χ0n) is 15.0. The Hall–Kier alpha value is -0.530. The summed E-state index contributed by atoms with van der Waals surface area (Å²) in [5.41, 5.74) is -0.233. The number of hydrogen-bond donors (Lipinski definition) is 0. The Labute approximate surface area is 133 Å². The molecule has 0 radical (unpaired) electrons. The van der Waals surface area contributed by atoms with E-state index in [-0.39, 0.29) is 11.6 Å². The lowest BCUT2D eigenvalue weighted by Gasteiger charge is -2.29. The van der Waals surface area contributed by atoms with Crippen molar-refractivity contribution in [3.8, 4) is 0 Å². The third kappa shape index (κ3) is 11.8. The van der Waals surface area contributed by atoms with Gasteiger partial charge in [-0.1, -0.05) is 72.1 Å². The molecule has 0 saturated carbocycles. The summed E-state index contributed by atoms with van der Waals surface area (Å²) in [5, 5.41) is 0.